The van der Waals surface area contributed by atoms with E-state index in [4.69, 9.17) is 14.3 Å². The summed E-state index contributed by atoms with van der Waals surface area (Å²) in [6.07, 6.45) is 0. The normalized spacial score (nSPS) is 10.5. The van der Waals surface area contributed by atoms with Gasteiger partial charge in [-0.25, -0.2) is 4.79 Å². The molecule has 3 aromatic rings. The molecular formula is C23H23NO4. The highest BCUT2D eigenvalue weighted by Gasteiger charge is 2.15. The molecule has 0 bridgehead atoms. The first-order valence-electron chi connectivity index (χ1n) is 8.96. The van der Waals surface area contributed by atoms with Crippen molar-refractivity contribution in [1.29, 1.82) is 0 Å². The smallest absolute Gasteiger partial charge is 0.357 e. The van der Waals surface area contributed by atoms with E-state index in [-0.39, 0.29) is 5.97 Å². The van der Waals surface area contributed by atoms with Gasteiger partial charge in [-0.1, -0.05) is 42.5 Å². The molecule has 0 aliphatic carbocycles. The number of ether oxygens (including phenoxy) is 2. The molecule has 0 saturated heterocycles. The van der Waals surface area contributed by atoms with Gasteiger partial charge in [0.25, 0.3) is 0 Å². The first kappa shape index (κ1) is 19.5. The van der Waals surface area contributed by atoms with Crippen LogP contribution in [0.25, 0.3) is 0 Å². The number of hydrogen-bond acceptors (Lipinski definition) is 5. The Morgan fingerprint density at radius 1 is 0.714 bits per heavy atom. The van der Waals surface area contributed by atoms with E-state index in [0.717, 1.165) is 22.6 Å². The van der Waals surface area contributed by atoms with Crippen LogP contribution in [0.2, 0.25) is 0 Å². The molecule has 0 aliphatic rings. The summed E-state index contributed by atoms with van der Waals surface area (Å²) in [4.78, 5) is 18.2. The number of methoxy groups -OCH3 is 2. The lowest BCUT2D eigenvalue weighted by molar-refractivity contribution is -0.123. The molecule has 0 N–H and O–H groups in total. The van der Waals surface area contributed by atoms with Gasteiger partial charge in [-0.3, -0.25) is 0 Å². The molecule has 0 amide bonds. The van der Waals surface area contributed by atoms with Gasteiger partial charge in [0, 0.05) is 0 Å². The number of nitrogens with zero attached hydrogens (tertiary/aromatic N) is 1. The zero-order chi connectivity index (χ0) is 19.8. The quantitative estimate of drug-likeness (QED) is 0.542. The topological polar surface area (TPSA) is 48.0 Å². The second-order valence-electron chi connectivity index (χ2n) is 6.24. The number of rotatable bonds is 8. The van der Waals surface area contributed by atoms with Crippen LogP contribution in [0.1, 0.15) is 21.5 Å². The zero-order valence-electron chi connectivity index (χ0n) is 16.0. The fourth-order valence-corrected chi connectivity index (χ4v) is 2.73. The molecule has 0 unspecified atom stereocenters. The van der Waals surface area contributed by atoms with E-state index in [0.29, 0.717) is 18.7 Å². The van der Waals surface area contributed by atoms with E-state index in [1.165, 1.54) is 0 Å². The van der Waals surface area contributed by atoms with Gasteiger partial charge >= 0.3 is 5.97 Å². The summed E-state index contributed by atoms with van der Waals surface area (Å²) < 4.78 is 10.4. The fourth-order valence-electron chi connectivity index (χ4n) is 2.73. The average Bonchev–Trinajstić information content (AvgIpc) is 2.75. The van der Waals surface area contributed by atoms with Crippen molar-refractivity contribution in [1.82, 2.24) is 5.06 Å². The highest BCUT2D eigenvalue weighted by atomic mass is 16.7. The Kier molecular flexibility index (Phi) is 6.65. The van der Waals surface area contributed by atoms with Crippen molar-refractivity contribution in [2.24, 2.45) is 0 Å². The number of carbonyl (C=O) groups excluding carboxylic acids is 1. The highest BCUT2D eigenvalue weighted by Crippen LogP contribution is 2.18. The summed E-state index contributed by atoms with van der Waals surface area (Å²) in [5.41, 5.74) is 2.53. The third-order valence-corrected chi connectivity index (χ3v) is 4.26. The number of carbonyl (C=O) groups is 1. The predicted molar refractivity (Wildman–Crippen MR) is 107 cm³/mol. The highest BCUT2D eigenvalue weighted by molar-refractivity contribution is 5.89. The Labute approximate surface area is 165 Å². The minimum absolute atomic E-state index is 0.386. The molecule has 3 rings (SSSR count). The van der Waals surface area contributed by atoms with Crippen LogP contribution in [0.4, 0.5) is 0 Å². The van der Waals surface area contributed by atoms with Gasteiger partial charge in [0.2, 0.25) is 0 Å². The van der Waals surface area contributed by atoms with E-state index < -0.39 is 0 Å². The third-order valence-electron chi connectivity index (χ3n) is 4.26. The number of hydroxylamine groups is 2. The zero-order valence-corrected chi connectivity index (χ0v) is 16.0. The van der Waals surface area contributed by atoms with Gasteiger partial charge < -0.3 is 14.3 Å². The van der Waals surface area contributed by atoms with Crippen molar-refractivity contribution in [3.05, 3.63) is 95.6 Å². The van der Waals surface area contributed by atoms with E-state index in [2.05, 4.69) is 0 Å². The maximum atomic E-state index is 12.5. The van der Waals surface area contributed by atoms with Crippen molar-refractivity contribution in [3.63, 3.8) is 0 Å². The van der Waals surface area contributed by atoms with Gasteiger partial charge in [-0.05, 0) is 47.5 Å². The Bertz CT molecular complexity index is 827. The van der Waals surface area contributed by atoms with Crippen LogP contribution < -0.4 is 9.47 Å². The molecule has 0 saturated carbocycles. The SMILES string of the molecule is COc1ccc(CN(Cc2ccc(OC)cc2)OC(=O)c2ccccc2)cc1. The molecule has 0 atom stereocenters. The Hall–Kier alpha value is -3.31. The molecule has 0 aliphatic heterocycles. The molecular weight excluding hydrogens is 354 g/mol. The Morgan fingerprint density at radius 3 is 1.61 bits per heavy atom. The van der Waals surface area contributed by atoms with E-state index in [9.17, 15) is 4.79 Å². The van der Waals surface area contributed by atoms with Crippen LogP contribution >= 0.6 is 0 Å². The Morgan fingerprint density at radius 2 is 1.18 bits per heavy atom. The molecule has 0 radical (unpaired) electrons. The number of benzene rings is 3. The maximum absolute atomic E-state index is 12.5. The van der Waals surface area contributed by atoms with Crippen LogP contribution in [0.15, 0.2) is 78.9 Å². The van der Waals surface area contributed by atoms with Crippen LogP contribution in [0, 0.1) is 0 Å². The molecule has 0 fully saturated rings. The Balaban J connectivity index is 1.76. The summed E-state index contributed by atoms with van der Waals surface area (Å²) in [6.45, 7) is 0.906. The molecule has 144 valence electrons. The van der Waals surface area contributed by atoms with E-state index >= 15 is 0 Å². The van der Waals surface area contributed by atoms with E-state index in [1.807, 2.05) is 66.7 Å². The van der Waals surface area contributed by atoms with Crippen molar-refractivity contribution >= 4 is 5.97 Å². The second-order valence-corrected chi connectivity index (χ2v) is 6.24. The van der Waals surface area contributed by atoms with Crippen LogP contribution in [-0.4, -0.2) is 25.3 Å². The minimum Gasteiger partial charge on any atom is -0.497 e. The summed E-state index contributed by atoms with van der Waals surface area (Å²) >= 11 is 0. The maximum Gasteiger partial charge on any atom is 0.357 e. The largest absolute Gasteiger partial charge is 0.497 e. The van der Waals surface area contributed by atoms with Crippen LogP contribution in [-0.2, 0) is 17.9 Å². The van der Waals surface area contributed by atoms with Crippen molar-refractivity contribution < 1.29 is 19.1 Å². The first-order chi connectivity index (χ1) is 13.7. The first-order valence-corrected chi connectivity index (χ1v) is 8.96. The van der Waals surface area contributed by atoms with Crippen LogP contribution in [0.3, 0.4) is 0 Å². The summed E-state index contributed by atoms with van der Waals surface area (Å²) in [5.74, 6) is 1.18. The summed E-state index contributed by atoms with van der Waals surface area (Å²) in [7, 11) is 3.26. The van der Waals surface area contributed by atoms with Gasteiger partial charge in [0.15, 0.2) is 0 Å². The van der Waals surface area contributed by atoms with E-state index in [1.54, 1.807) is 31.4 Å². The molecule has 5 heteroatoms. The number of hydrogen-bond donors (Lipinski definition) is 0. The lowest BCUT2D eigenvalue weighted by Gasteiger charge is -2.22. The molecule has 3 aromatic carbocycles. The van der Waals surface area contributed by atoms with Crippen molar-refractivity contribution in [3.8, 4) is 11.5 Å². The lowest BCUT2D eigenvalue weighted by Crippen LogP contribution is -2.26. The van der Waals surface area contributed by atoms with Gasteiger partial charge in [-0.15, -0.1) is 5.06 Å². The molecule has 0 heterocycles. The second kappa shape index (κ2) is 9.58. The summed E-state index contributed by atoms with van der Waals surface area (Å²) in [5, 5.41) is 1.65. The van der Waals surface area contributed by atoms with Gasteiger partial charge in [0.1, 0.15) is 11.5 Å². The van der Waals surface area contributed by atoms with Crippen molar-refractivity contribution in [2.45, 2.75) is 13.1 Å². The van der Waals surface area contributed by atoms with Gasteiger partial charge in [-0.2, -0.15) is 0 Å². The molecule has 28 heavy (non-hydrogen) atoms. The van der Waals surface area contributed by atoms with Crippen molar-refractivity contribution in [2.75, 3.05) is 14.2 Å². The average molecular weight is 377 g/mol. The molecule has 0 aromatic heterocycles. The standard InChI is InChI=1S/C23H23NO4/c1-26-21-12-8-18(9-13-21)16-24(17-19-10-14-22(27-2)15-11-19)28-23(25)20-6-4-3-5-7-20/h3-15H,16-17H2,1-2H3. The summed E-state index contributed by atoms with van der Waals surface area (Å²) in [6, 6.07) is 24.3. The lowest BCUT2D eigenvalue weighted by atomic mass is 10.2. The molecule has 5 nitrogen and oxygen atoms in total. The van der Waals surface area contributed by atoms with Crippen LogP contribution in [0.5, 0.6) is 11.5 Å². The third kappa shape index (κ3) is 5.34. The molecule has 0 spiro atoms. The predicted octanol–water partition coefficient (Wildman–Crippen LogP) is 4.48. The minimum atomic E-state index is -0.386. The fraction of sp³-hybridized carbons (Fsp3) is 0.174. The van der Waals surface area contributed by atoms with Gasteiger partial charge in [0.05, 0.1) is 32.9 Å². The monoisotopic (exact) mass is 377 g/mol.